The second-order valence-electron chi connectivity index (χ2n) is 6.65. The normalized spacial score (nSPS) is 25.3. The first kappa shape index (κ1) is 16.2. The Morgan fingerprint density at radius 1 is 1.37 bits per heavy atom. The van der Waals surface area contributed by atoms with Gasteiger partial charge in [0.15, 0.2) is 14.5 Å². The summed E-state index contributed by atoms with van der Waals surface area (Å²) in [6.07, 6.45) is -0.802. The third kappa shape index (κ3) is 3.57. The highest BCUT2D eigenvalue weighted by molar-refractivity contribution is 6.74. The van der Waals surface area contributed by atoms with Crippen molar-refractivity contribution >= 4 is 20.2 Å². The van der Waals surface area contributed by atoms with Gasteiger partial charge in [0.1, 0.15) is 5.92 Å². The number of nitrogens with one attached hydrogen (secondary N) is 1. The van der Waals surface area contributed by atoms with Gasteiger partial charge in [-0.05, 0) is 25.1 Å². The number of carbonyl (C=O) groups excluding carboxylic acids is 2. The van der Waals surface area contributed by atoms with E-state index in [0.29, 0.717) is 0 Å². The molecule has 19 heavy (non-hydrogen) atoms. The molecular weight excluding hydrogens is 262 g/mol. The summed E-state index contributed by atoms with van der Waals surface area (Å²) in [6, 6.07) is 0. The molecule has 1 saturated heterocycles. The molecule has 5 nitrogen and oxygen atoms in total. The largest absolute Gasteiger partial charge is 0.441 e. The Labute approximate surface area is 116 Å². The molecular formula is C13H25NO4Si. The first-order valence-corrected chi connectivity index (χ1v) is 9.52. The van der Waals surface area contributed by atoms with Gasteiger partial charge in [0.2, 0.25) is 5.91 Å². The number of rotatable bonds is 4. The van der Waals surface area contributed by atoms with Crippen LogP contribution < -0.4 is 5.32 Å². The molecule has 0 saturated carbocycles. The van der Waals surface area contributed by atoms with Crippen LogP contribution in [-0.2, 0) is 18.8 Å². The van der Waals surface area contributed by atoms with Crippen molar-refractivity contribution < 1.29 is 18.8 Å². The summed E-state index contributed by atoms with van der Waals surface area (Å²) in [5, 5.41) is 2.66. The van der Waals surface area contributed by atoms with Crippen molar-refractivity contribution in [1.82, 2.24) is 5.32 Å². The maximum Gasteiger partial charge on any atom is 0.304 e. The molecule has 0 spiro atoms. The van der Waals surface area contributed by atoms with E-state index in [1.807, 2.05) is 6.92 Å². The van der Waals surface area contributed by atoms with Gasteiger partial charge in [-0.15, -0.1) is 0 Å². The van der Waals surface area contributed by atoms with Crippen LogP contribution in [0.2, 0.25) is 18.1 Å². The third-order valence-electron chi connectivity index (χ3n) is 4.00. The Hall–Kier alpha value is -0.883. The highest BCUT2D eigenvalue weighted by Crippen LogP contribution is 2.39. The van der Waals surface area contributed by atoms with Crippen LogP contribution in [0.4, 0.5) is 0 Å². The first-order valence-electron chi connectivity index (χ1n) is 6.61. The number of hydrogen-bond acceptors (Lipinski definition) is 4. The van der Waals surface area contributed by atoms with Gasteiger partial charge in [-0.3, -0.25) is 9.59 Å². The third-order valence-corrected chi connectivity index (χ3v) is 8.57. The number of hydrogen-bond donors (Lipinski definition) is 1. The summed E-state index contributed by atoms with van der Waals surface area (Å²) in [7, 11) is -1.93. The lowest BCUT2D eigenvalue weighted by atomic mass is 9.93. The Morgan fingerprint density at radius 2 is 1.89 bits per heavy atom. The fourth-order valence-electron chi connectivity index (χ4n) is 1.82. The topological polar surface area (TPSA) is 64.6 Å². The minimum absolute atomic E-state index is 0.0818. The maximum absolute atomic E-state index is 11.6. The van der Waals surface area contributed by atoms with Gasteiger partial charge in [0, 0.05) is 6.92 Å². The number of ether oxygens (including phenoxy) is 1. The van der Waals surface area contributed by atoms with E-state index in [4.69, 9.17) is 9.16 Å². The Kier molecular flexibility index (Phi) is 4.46. The molecule has 0 radical (unpaired) electrons. The van der Waals surface area contributed by atoms with Crippen molar-refractivity contribution in [3.05, 3.63) is 0 Å². The summed E-state index contributed by atoms with van der Waals surface area (Å²) in [4.78, 5) is 22.6. The molecule has 0 unspecified atom stereocenters. The van der Waals surface area contributed by atoms with Crippen molar-refractivity contribution in [2.75, 3.05) is 0 Å². The van der Waals surface area contributed by atoms with E-state index in [-0.39, 0.29) is 17.0 Å². The molecule has 1 aliphatic rings. The zero-order valence-corrected chi connectivity index (χ0v) is 13.9. The lowest BCUT2D eigenvalue weighted by Gasteiger charge is -2.44. The fourth-order valence-corrected chi connectivity index (χ4v) is 3.25. The van der Waals surface area contributed by atoms with Crippen LogP contribution in [-0.4, -0.2) is 32.5 Å². The van der Waals surface area contributed by atoms with Crippen molar-refractivity contribution in [3.8, 4) is 0 Å². The molecule has 6 heteroatoms. The van der Waals surface area contributed by atoms with Crippen molar-refractivity contribution in [1.29, 1.82) is 0 Å². The smallest absolute Gasteiger partial charge is 0.304 e. The van der Waals surface area contributed by atoms with Gasteiger partial charge in [-0.25, -0.2) is 0 Å². The molecule has 0 aromatic carbocycles. The molecule has 1 fully saturated rings. The lowest BCUT2D eigenvalue weighted by Crippen LogP contribution is -2.65. The highest BCUT2D eigenvalue weighted by Gasteiger charge is 2.49. The van der Waals surface area contributed by atoms with E-state index in [1.54, 1.807) is 0 Å². The Balaban J connectivity index is 2.69. The second-order valence-corrected chi connectivity index (χ2v) is 11.4. The molecule has 1 rings (SSSR count). The van der Waals surface area contributed by atoms with Crippen LogP contribution in [0.1, 0.15) is 34.6 Å². The predicted molar refractivity (Wildman–Crippen MR) is 74.9 cm³/mol. The molecule has 0 aromatic rings. The van der Waals surface area contributed by atoms with Gasteiger partial charge >= 0.3 is 5.97 Å². The zero-order chi connectivity index (χ0) is 15.0. The molecule has 0 aromatic heterocycles. The van der Waals surface area contributed by atoms with Crippen molar-refractivity contribution in [3.63, 3.8) is 0 Å². The van der Waals surface area contributed by atoms with Gasteiger partial charge in [0.05, 0.1) is 6.10 Å². The Morgan fingerprint density at radius 3 is 2.26 bits per heavy atom. The van der Waals surface area contributed by atoms with Crippen molar-refractivity contribution in [2.45, 2.75) is 65.1 Å². The monoisotopic (exact) mass is 287 g/mol. The van der Waals surface area contributed by atoms with Crippen LogP contribution in [0.3, 0.4) is 0 Å². The zero-order valence-electron chi connectivity index (χ0n) is 12.9. The van der Waals surface area contributed by atoms with E-state index in [0.717, 1.165) is 0 Å². The summed E-state index contributed by atoms with van der Waals surface area (Å²) in [5.74, 6) is -0.912. The van der Waals surface area contributed by atoms with Gasteiger partial charge in [0.25, 0.3) is 0 Å². The Bertz CT molecular complexity index is 375. The maximum atomic E-state index is 11.6. The quantitative estimate of drug-likeness (QED) is 0.488. The number of amides is 1. The summed E-state index contributed by atoms with van der Waals surface area (Å²) < 4.78 is 11.2. The van der Waals surface area contributed by atoms with Gasteiger partial charge in [-0.2, -0.15) is 0 Å². The molecule has 1 amide bonds. The number of β-lactam (4-membered cyclic amide) rings is 1. The summed E-state index contributed by atoms with van der Waals surface area (Å²) in [6.45, 7) is 13.9. The van der Waals surface area contributed by atoms with Crippen molar-refractivity contribution in [2.24, 2.45) is 5.92 Å². The van der Waals surface area contributed by atoms with Crippen LogP contribution in [0, 0.1) is 5.92 Å². The lowest BCUT2D eigenvalue weighted by molar-refractivity contribution is -0.173. The molecule has 0 aliphatic carbocycles. The molecule has 1 aliphatic heterocycles. The average molecular weight is 287 g/mol. The fraction of sp³-hybridized carbons (Fsp3) is 0.846. The van der Waals surface area contributed by atoms with E-state index >= 15 is 0 Å². The summed E-state index contributed by atoms with van der Waals surface area (Å²) >= 11 is 0. The SMILES string of the molecule is CC(=O)O[C@H]1NC(=O)[C@@H]1[C@H](C)O[Si](C)(C)C(C)(C)C. The van der Waals surface area contributed by atoms with E-state index < -0.39 is 26.4 Å². The van der Waals surface area contributed by atoms with Crippen LogP contribution in [0.25, 0.3) is 0 Å². The molecule has 1 heterocycles. The number of esters is 1. The van der Waals surface area contributed by atoms with E-state index in [1.165, 1.54) is 6.92 Å². The predicted octanol–water partition coefficient (Wildman–Crippen LogP) is 2.03. The minimum Gasteiger partial charge on any atom is -0.441 e. The van der Waals surface area contributed by atoms with Gasteiger partial charge in [-0.1, -0.05) is 20.8 Å². The molecule has 1 N–H and O–H groups in total. The van der Waals surface area contributed by atoms with E-state index in [9.17, 15) is 9.59 Å². The molecule has 110 valence electrons. The van der Waals surface area contributed by atoms with Crippen LogP contribution in [0.15, 0.2) is 0 Å². The number of carbonyl (C=O) groups is 2. The molecule has 0 bridgehead atoms. The second kappa shape index (κ2) is 5.24. The standard InChI is InChI=1S/C13H25NO4Si/c1-8(18-19(6,7)13(3,4)5)10-11(16)14-12(10)17-9(2)15/h8,10,12H,1-7H3,(H,14,16)/t8-,10-,12+/m0/s1. The summed E-state index contributed by atoms with van der Waals surface area (Å²) in [5.41, 5.74) is 0. The van der Waals surface area contributed by atoms with Crippen LogP contribution in [0.5, 0.6) is 0 Å². The molecule has 3 atom stereocenters. The average Bonchev–Trinajstić information content (AvgIpc) is 2.12. The highest BCUT2D eigenvalue weighted by atomic mass is 28.4. The minimum atomic E-state index is -1.93. The van der Waals surface area contributed by atoms with Gasteiger partial charge < -0.3 is 14.5 Å². The van der Waals surface area contributed by atoms with E-state index in [2.05, 4.69) is 39.2 Å². The first-order chi connectivity index (χ1) is 8.45. The van der Waals surface area contributed by atoms with Crippen LogP contribution >= 0.6 is 0 Å².